The highest BCUT2D eigenvalue weighted by atomic mass is 35.5. The largest absolute Gasteiger partial charge is 0.497 e. The molecular formula is C26H19ClN4O. The first-order valence-electron chi connectivity index (χ1n) is 10.1. The van der Waals surface area contributed by atoms with E-state index >= 15 is 0 Å². The van der Waals surface area contributed by atoms with Crippen molar-refractivity contribution in [2.75, 3.05) is 12.4 Å². The predicted octanol–water partition coefficient (Wildman–Crippen LogP) is 6.76. The van der Waals surface area contributed by atoms with Crippen molar-refractivity contribution in [3.8, 4) is 28.3 Å². The van der Waals surface area contributed by atoms with Gasteiger partial charge in [0.2, 0.25) is 0 Å². The van der Waals surface area contributed by atoms with Crippen molar-refractivity contribution < 1.29 is 4.74 Å². The molecule has 0 aliphatic rings. The molecule has 0 atom stereocenters. The lowest BCUT2D eigenvalue weighted by atomic mass is 10.0. The van der Waals surface area contributed by atoms with E-state index in [1.54, 1.807) is 19.5 Å². The number of methoxy groups -OCH3 is 1. The van der Waals surface area contributed by atoms with Gasteiger partial charge in [0.05, 0.1) is 12.6 Å². The molecule has 0 fully saturated rings. The van der Waals surface area contributed by atoms with E-state index in [-0.39, 0.29) is 0 Å². The lowest BCUT2D eigenvalue weighted by Gasteiger charge is -2.13. The zero-order chi connectivity index (χ0) is 21.9. The van der Waals surface area contributed by atoms with Gasteiger partial charge in [-0.1, -0.05) is 35.9 Å². The van der Waals surface area contributed by atoms with Crippen LogP contribution in [0.15, 0.2) is 91.3 Å². The number of rotatable bonds is 5. The summed E-state index contributed by atoms with van der Waals surface area (Å²) < 4.78 is 5.39. The molecule has 0 saturated carbocycles. The van der Waals surface area contributed by atoms with Crippen molar-refractivity contribution in [1.29, 1.82) is 0 Å². The van der Waals surface area contributed by atoms with Gasteiger partial charge in [-0.25, -0.2) is 9.97 Å². The number of nitrogens with zero attached hydrogens (tertiary/aromatic N) is 3. The van der Waals surface area contributed by atoms with Gasteiger partial charge < -0.3 is 10.1 Å². The number of pyridine rings is 1. The Labute approximate surface area is 190 Å². The van der Waals surface area contributed by atoms with Gasteiger partial charge in [0.25, 0.3) is 0 Å². The van der Waals surface area contributed by atoms with Crippen LogP contribution in [0.4, 0.5) is 11.5 Å². The second-order valence-corrected chi connectivity index (χ2v) is 7.67. The summed E-state index contributed by atoms with van der Waals surface area (Å²) in [5.74, 6) is 2.10. The first kappa shape index (κ1) is 20.0. The van der Waals surface area contributed by atoms with Crippen LogP contribution in [0.1, 0.15) is 0 Å². The van der Waals surface area contributed by atoms with Crippen LogP contribution in [0.2, 0.25) is 5.02 Å². The third-order valence-electron chi connectivity index (χ3n) is 5.11. The summed E-state index contributed by atoms with van der Waals surface area (Å²) in [5.41, 5.74) is 4.62. The smallest absolute Gasteiger partial charge is 0.163 e. The summed E-state index contributed by atoms with van der Waals surface area (Å²) in [6.07, 6.45) is 3.49. The number of halogens is 1. The Kier molecular flexibility index (Phi) is 5.40. The van der Waals surface area contributed by atoms with Gasteiger partial charge >= 0.3 is 0 Å². The van der Waals surface area contributed by atoms with Crippen LogP contribution < -0.4 is 10.1 Å². The quantitative estimate of drug-likeness (QED) is 0.328. The normalized spacial score (nSPS) is 10.8. The highest BCUT2D eigenvalue weighted by Crippen LogP contribution is 2.32. The summed E-state index contributed by atoms with van der Waals surface area (Å²) in [6, 6.07) is 25.5. The molecule has 32 heavy (non-hydrogen) atoms. The Morgan fingerprint density at radius 1 is 0.812 bits per heavy atom. The minimum absolute atomic E-state index is 0.601. The first-order valence-corrected chi connectivity index (χ1v) is 10.5. The highest BCUT2D eigenvalue weighted by molar-refractivity contribution is 6.30. The zero-order valence-electron chi connectivity index (χ0n) is 17.3. The second kappa shape index (κ2) is 8.65. The number of fused-ring (bicyclic) bond motifs is 1. The Morgan fingerprint density at radius 2 is 1.66 bits per heavy atom. The molecule has 5 aromatic rings. The average Bonchev–Trinajstić information content (AvgIpc) is 2.84. The number of aromatic nitrogens is 3. The molecule has 2 aromatic heterocycles. The third kappa shape index (κ3) is 4.11. The summed E-state index contributed by atoms with van der Waals surface area (Å²) in [5, 5.41) is 4.97. The Balaban J connectivity index is 1.68. The molecule has 0 saturated heterocycles. The number of ether oxygens (including phenoxy) is 1. The molecule has 156 valence electrons. The molecule has 5 rings (SSSR count). The van der Waals surface area contributed by atoms with E-state index < -0.39 is 0 Å². The Morgan fingerprint density at radius 3 is 2.47 bits per heavy atom. The number of hydrogen-bond acceptors (Lipinski definition) is 5. The van der Waals surface area contributed by atoms with E-state index in [4.69, 9.17) is 26.3 Å². The van der Waals surface area contributed by atoms with E-state index in [1.807, 2.05) is 60.7 Å². The van der Waals surface area contributed by atoms with E-state index in [1.165, 1.54) is 0 Å². The maximum Gasteiger partial charge on any atom is 0.163 e. The lowest BCUT2D eigenvalue weighted by Crippen LogP contribution is -2.00. The molecule has 2 heterocycles. The van der Waals surface area contributed by atoms with Crippen LogP contribution in [0, 0.1) is 0 Å². The number of nitrogens with one attached hydrogen (secondary N) is 1. The minimum atomic E-state index is 0.601. The summed E-state index contributed by atoms with van der Waals surface area (Å²) >= 11 is 6.20. The molecule has 1 N–H and O–H groups in total. The van der Waals surface area contributed by atoms with Crippen LogP contribution >= 0.6 is 11.6 Å². The van der Waals surface area contributed by atoms with Crippen molar-refractivity contribution in [3.05, 3.63) is 96.3 Å². The molecule has 0 spiro atoms. The topological polar surface area (TPSA) is 59.9 Å². The van der Waals surface area contributed by atoms with E-state index in [0.29, 0.717) is 16.7 Å². The van der Waals surface area contributed by atoms with Gasteiger partial charge in [0.15, 0.2) is 5.82 Å². The van der Waals surface area contributed by atoms with E-state index in [2.05, 4.69) is 28.5 Å². The van der Waals surface area contributed by atoms with Crippen LogP contribution in [-0.4, -0.2) is 22.1 Å². The number of hydrogen-bond donors (Lipinski definition) is 1. The molecule has 0 bridgehead atoms. The first-order chi connectivity index (χ1) is 15.7. The van der Waals surface area contributed by atoms with Crippen molar-refractivity contribution in [2.24, 2.45) is 0 Å². The standard InChI is InChI=1S/C26H19ClN4O/c1-32-22-9-2-5-17(13-22)18-10-11-24-23(14-18)26(29-21-8-3-7-20(27)15-21)31-25(30-24)19-6-4-12-28-16-19/h2-16H,1H3,(H,29,30,31). The van der Waals surface area contributed by atoms with Crippen molar-refractivity contribution in [2.45, 2.75) is 0 Å². The molecule has 0 unspecified atom stereocenters. The van der Waals surface area contributed by atoms with Gasteiger partial charge in [-0.05, 0) is 65.7 Å². The van der Waals surface area contributed by atoms with Gasteiger partial charge in [0.1, 0.15) is 11.6 Å². The predicted molar refractivity (Wildman–Crippen MR) is 129 cm³/mol. The fraction of sp³-hybridized carbons (Fsp3) is 0.0385. The highest BCUT2D eigenvalue weighted by Gasteiger charge is 2.12. The average molecular weight is 439 g/mol. The minimum Gasteiger partial charge on any atom is -0.497 e. The fourth-order valence-corrected chi connectivity index (χ4v) is 3.72. The SMILES string of the molecule is COc1cccc(-c2ccc3nc(-c4cccnc4)nc(Nc4cccc(Cl)c4)c3c2)c1. The third-order valence-corrected chi connectivity index (χ3v) is 5.34. The Bertz CT molecular complexity index is 1410. The maximum atomic E-state index is 6.20. The monoisotopic (exact) mass is 438 g/mol. The molecule has 0 radical (unpaired) electrons. The molecular weight excluding hydrogens is 420 g/mol. The van der Waals surface area contributed by atoms with Gasteiger partial charge in [-0.2, -0.15) is 0 Å². The van der Waals surface area contributed by atoms with E-state index in [0.717, 1.165) is 39.0 Å². The second-order valence-electron chi connectivity index (χ2n) is 7.24. The zero-order valence-corrected chi connectivity index (χ0v) is 18.0. The van der Waals surface area contributed by atoms with Crippen molar-refractivity contribution >= 4 is 34.0 Å². The van der Waals surface area contributed by atoms with Crippen molar-refractivity contribution in [1.82, 2.24) is 15.0 Å². The molecule has 0 aliphatic heterocycles. The van der Waals surface area contributed by atoms with Gasteiger partial charge in [-0.3, -0.25) is 4.98 Å². The summed E-state index contributed by atoms with van der Waals surface area (Å²) in [7, 11) is 1.67. The summed E-state index contributed by atoms with van der Waals surface area (Å²) in [4.78, 5) is 13.8. The van der Waals surface area contributed by atoms with Gasteiger partial charge in [0, 0.05) is 34.1 Å². The van der Waals surface area contributed by atoms with Crippen molar-refractivity contribution in [3.63, 3.8) is 0 Å². The lowest BCUT2D eigenvalue weighted by molar-refractivity contribution is 0.415. The molecule has 5 nitrogen and oxygen atoms in total. The van der Waals surface area contributed by atoms with E-state index in [9.17, 15) is 0 Å². The molecule has 3 aromatic carbocycles. The van der Waals surface area contributed by atoms with Gasteiger partial charge in [-0.15, -0.1) is 0 Å². The summed E-state index contributed by atoms with van der Waals surface area (Å²) in [6.45, 7) is 0. The molecule has 0 aliphatic carbocycles. The van der Waals surface area contributed by atoms with Crippen LogP contribution in [0.3, 0.4) is 0 Å². The van der Waals surface area contributed by atoms with Crippen LogP contribution in [0.25, 0.3) is 33.4 Å². The van der Waals surface area contributed by atoms with Crippen LogP contribution in [0.5, 0.6) is 5.75 Å². The Hall–Kier alpha value is -3.96. The van der Waals surface area contributed by atoms with Crippen LogP contribution in [-0.2, 0) is 0 Å². The number of benzene rings is 3. The maximum absolute atomic E-state index is 6.20. The molecule has 0 amide bonds. The molecule has 6 heteroatoms. The fourth-order valence-electron chi connectivity index (χ4n) is 3.53. The number of anilines is 2.